The molecule has 0 aliphatic rings. The summed E-state index contributed by atoms with van der Waals surface area (Å²) in [6.07, 6.45) is 0. The Morgan fingerprint density at radius 1 is 1.15 bits per heavy atom. The summed E-state index contributed by atoms with van der Waals surface area (Å²) in [5, 5.41) is 11.6. The van der Waals surface area contributed by atoms with Crippen molar-refractivity contribution < 1.29 is 24.2 Å². The number of ether oxygens (including phenoxy) is 2. The van der Waals surface area contributed by atoms with Gasteiger partial charge in [0.25, 0.3) is 5.91 Å². The van der Waals surface area contributed by atoms with E-state index in [4.69, 9.17) is 14.6 Å². The van der Waals surface area contributed by atoms with E-state index in [0.29, 0.717) is 11.5 Å². The molecule has 0 saturated heterocycles. The van der Waals surface area contributed by atoms with Crippen LogP contribution in [0.15, 0.2) is 18.2 Å². The molecule has 6 nitrogen and oxygen atoms in total. The maximum absolute atomic E-state index is 12.3. The number of benzene rings is 1. The third kappa shape index (κ3) is 3.40. The zero-order chi connectivity index (χ0) is 15.3. The number of carbonyl (C=O) groups is 2. The van der Waals surface area contributed by atoms with Crippen LogP contribution >= 0.6 is 0 Å². The number of methoxy groups -OCH3 is 2. The van der Waals surface area contributed by atoms with Gasteiger partial charge in [-0.2, -0.15) is 0 Å². The van der Waals surface area contributed by atoms with Gasteiger partial charge >= 0.3 is 5.97 Å². The van der Waals surface area contributed by atoms with Crippen LogP contribution in [0.1, 0.15) is 24.2 Å². The minimum Gasteiger partial charge on any atom is -0.496 e. The van der Waals surface area contributed by atoms with Crippen molar-refractivity contribution >= 4 is 11.9 Å². The highest BCUT2D eigenvalue weighted by molar-refractivity contribution is 6.01. The molecular formula is C14H19NO5. The second kappa shape index (κ2) is 6.79. The van der Waals surface area contributed by atoms with Crippen LogP contribution in [0.2, 0.25) is 0 Å². The second-order valence-corrected chi connectivity index (χ2v) is 4.57. The van der Waals surface area contributed by atoms with Gasteiger partial charge in [-0.3, -0.25) is 4.79 Å². The van der Waals surface area contributed by atoms with Gasteiger partial charge in [-0.15, -0.1) is 0 Å². The molecule has 0 aliphatic heterocycles. The number of carboxylic acid groups (broad SMARTS) is 1. The van der Waals surface area contributed by atoms with Crippen molar-refractivity contribution in [1.29, 1.82) is 0 Å². The zero-order valence-corrected chi connectivity index (χ0v) is 12.0. The predicted octanol–water partition coefficient (Wildman–Crippen LogP) is 1.54. The van der Waals surface area contributed by atoms with Gasteiger partial charge in [0.15, 0.2) is 0 Å². The molecule has 1 aromatic carbocycles. The number of amides is 1. The molecule has 110 valence electrons. The molecule has 0 unspecified atom stereocenters. The summed E-state index contributed by atoms with van der Waals surface area (Å²) >= 11 is 0. The van der Waals surface area contributed by atoms with E-state index in [1.54, 1.807) is 32.0 Å². The standard InChI is InChI=1S/C14H19NO5/c1-8(2)12(14(17)18)15-13(16)11-9(19-3)6-5-7-10(11)20-4/h5-8,12H,1-4H3,(H,15,16)(H,17,18)/t12-/m1/s1. The lowest BCUT2D eigenvalue weighted by molar-refractivity contribution is -0.140. The van der Waals surface area contributed by atoms with Crippen LogP contribution in [0.5, 0.6) is 11.5 Å². The molecule has 0 aliphatic carbocycles. The minimum absolute atomic E-state index is 0.185. The van der Waals surface area contributed by atoms with Crippen LogP contribution in [-0.2, 0) is 4.79 Å². The van der Waals surface area contributed by atoms with E-state index in [2.05, 4.69) is 5.32 Å². The minimum atomic E-state index is -1.08. The molecule has 0 saturated carbocycles. The summed E-state index contributed by atoms with van der Waals surface area (Å²) in [6.45, 7) is 3.44. The average molecular weight is 281 g/mol. The van der Waals surface area contributed by atoms with Crippen LogP contribution in [0.25, 0.3) is 0 Å². The Kier molecular flexibility index (Phi) is 5.37. The van der Waals surface area contributed by atoms with Gasteiger partial charge in [-0.1, -0.05) is 19.9 Å². The lowest BCUT2D eigenvalue weighted by Crippen LogP contribution is -2.44. The van der Waals surface area contributed by atoms with Crippen molar-refractivity contribution in [1.82, 2.24) is 5.32 Å². The average Bonchev–Trinajstić information content (AvgIpc) is 2.42. The summed E-state index contributed by atoms with van der Waals surface area (Å²) in [5.41, 5.74) is 0.185. The Balaban J connectivity index is 3.11. The maximum Gasteiger partial charge on any atom is 0.326 e. The normalized spacial score (nSPS) is 11.8. The van der Waals surface area contributed by atoms with Crippen molar-refractivity contribution in [3.63, 3.8) is 0 Å². The van der Waals surface area contributed by atoms with Crippen LogP contribution in [0.3, 0.4) is 0 Å². The van der Waals surface area contributed by atoms with E-state index in [1.165, 1.54) is 14.2 Å². The van der Waals surface area contributed by atoms with Crippen molar-refractivity contribution in [2.24, 2.45) is 5.92 Å². The van der Waals surface area contributed by atoms with Crippen LogP contribution < -0.4 is 14.8 Å². The van der Waals surface area contributed by atoms with E-state index in [-0.39, 0.29) is 11.5 Å². The van der Waals surface area contributed by atoms with E-state index < -0.39 is 17.9 Å². The van der Waals surface area contributed by atoms with Gasteiger partial charge in [0, 0.05) is 0 Å². The van der Waals surface area contributed by atoms with Gasteiger partial charge < -0.3 is 19.9 Å². The first-order chi connectivity index (χ1) is 9.42. The van der Waals surface area contributed by atoms with Gasteiger partial charge in [-0.25, -0.2) is 4.79 Å². The molecule has 0 spiro atoms. The highest BCUT2D eigenvalue weighted by Crippen LogP contribution is 2.28. The Morgan fingerprint density at radius 3 is 2.00 bits per heavy atom. The summed E-state index contributed by atoms with van der Waals surface area (Å²) in [6, 6.07) is 3.94. The monoisotopic (exact) mass is 281 g/mol. The first-order valence-electron chi connectivity index (χ1n) is 6.17. The molecule has 0 heterocycles. The largest absolute Gasteiger partial charge is 0.496 e. The SMILES string of the molecule is COc1cccc(OC)c1C(=O)N[C@@H](C(=O)O)C(C)C. The van der Waals surface area contributed by atoms with Crippen LogP contribution in [0.4, 0.5) is 0 Å². The molecule has 2 N–H and O–H groups in total. The summed E-state index contributed by atoms with van der Waals surface area (Å²) in [5.74, 6) is -1.20. The Hall–Kier alpha value is -2.24. The second-order valence-electron chi connectivity index (χ2n) is 4.57. The maximum atomic E-state index is 12.3. The molecule has 6 heteroatoms. The van der Waals surface area contributed by atoms with Crippen molar-refractivity contribution in [3.05, 3.63) is 23.8 Å². The number of hydrogen-bond acceptors (Lipinski definition) is 4. The molecule has 0 fully saturated rings. The van der Waals surface area contributed by atoms with E-state index >= 15 is 0 Å². The van der Waals surface area contributed by atoms with E-state index in [0.717, 1.165) is 0 Å². The van der Waals surface area contributed by atoms with Gasteiger partial charge in [0.05, 0.1) is 14.2 Å². The lowest BCUT2D eigenvalue weighted by atomic mass is 10.0. The molecule has 0 aromatic heterocycles. The quantitative estimate of drug-likeness (QED) is 0.826. The molecule has 0 radical (unpaired) electrons. The summed E-state index contributed by atoms with van der Waals surface area (Å²) < 4.78 is 10.2. The molecule has 1 atom stereocenters. The first-order valence-corrected chi connectivity index (χ1v) is 6.17. The predicted molar refractivity (Wildman–Crippen MR) is 73.3 cm³/mol. The van der Waals surface area contributed by atoms with Crippen molar-refractivity contribution in [2.75, 3.05) is 14.2 Å². The molecule has 1 rings (SSSR count). The molecule has 1 amide bonds. The highest BCUT2D eigenvalue weighted by Gasteiger charge is 2.27. The summed E-state index contributed by atoms with van der Waals surface area (Å²) in [7, 11) is 2.87. The van der Waals surface area contributed by atoms with Crippen molar-refractivity contribution in [3.8, 4) is 11.5 Å². The number of rotatable bonds is 6. The smallest absolute Gasteiger partial charge is 0.326 e. The highest BCUT2D eigenvalue weighted by atomic mass is 16.5. The van der Waals surface area contributed by atoms with Gasteiger partial charge in [-0.05, 0) is 18.1 Å². The molecule has 0 bridgehead atoms. The van der Waals surface area contributed by atoms with Crippen LogP contribution in [0, 0.1) is 5.92 Å². The summed E-state index contributed by atoms with van der Waals surface area (Å²) in [4.78, 5) is 23.4. The number of carboxylic acids is 1. The van der Waals surface area contributed by atoms with Crippen LogP contribution in [-0.4, -0.2) is 37.2 Å². The number of aliphatic carboxylic acids is 1. The fraction of sp³-hybridized carbons (Fsp3) is 0.429. The number of carbonyl (C=O) groups excluding carboxylic acids is 1. The fourth-order valence-electron chi connectivity index (χ4n) is 1.80. The topological polar surface area (TPSA) is 84.9 Å². The lowest BCUT2D eigenvalue weighted by Gasteiger charge is -2.19. The Bertz CT molecular complexity index is 476. The third-order valence-electron chi connectivity index (χ3n) is 2.87. The molecule has 1 aromatic rings. The first kappa shape index (κ1) is 15.8. The Labute approximate surface area is 117 Å². The number of hydrogen-bond donors (Lipinski definition) is 2. The van der Waals surface area contributed by atoms with E-state index in [9.17, 15) is 9.59 Å². The molecular weight excluding hydrogens is 262 g/mol. The Morgan fingerprint density at radius 2 is 1.65 bits per heavy atom. The van der Waals surface area contributed by atoms with Crippen molar-refractivity contribution in [2.45, 2.75) is 19.9 Å². The zero-order valence-electron chi connectivity index (χ0n) is 12.0. The van der Waals surface area contributed by atoms with Gasteiger partial charge in [0.2, 0.25) is 0 Å². The molecule has 20 heavy (non-hydrogen) atoms. The van der Waals surface area contributed by atoms with E-state index in [1.807, 2.05) is 0 Å². The van der Waals surface area contributed by atoms with Gasteiger partial charge in [0.1, 0.15) is 23.1 Å². The fourth-order valence-corrected chi connectivity index (χ4v) is 1.80. The third-order valence-corrected chi connectivity index (χ3v) is 2.87. The number of nitrogens with one attached hydrogen (secondary N) is 1.